The molecule has 12 rings (SSSR count). The van der Waals surface area contributed by atoms with Crippen molar-refractivity contribution in [1.82, 2.24) is 18.9 Å². The Morgan fingerprint density at radius 2 is 1.22 bits per heavy atom. The average Bonchev–Trinajstić information content (AvgIpc) is 3.93. The predicted octanol–water partition coefficient (Wildman–Crippen LogP) is 9.67. The Morgan fingerprint density at radius 3 is 2.07 bits per heavy atom. The molecule has 0 radical (unpaired) electrons. The van der Waals surface area contributed by atoms with E-state index in [9.17, 15) is 0 Å². The third-order valence-corrected chi connectivity index (χ3v) is 16.9. The number of para-hydroxylation sites is 2. The van der Waals surface area contributed by atoms with Gasteiger partial charge in [0.25, 0.3) is 0 Å². The zero-order chi connectivity index (χ0) is 38.4. The van der Waals surface area contributed by atoms with Crippen LogP contribution in [0.15, 0.2) is 195 Å². The third kappa shape index (κ3) is 4.56. The highest BCUT2D eigenvalue weighted by atomic mass is 28.3. The van der Waals surface area contributed by atoms with Crippen LogP contribution in [0.5, 0.6) is 11.5 Å². The summed E-state index contributed by atoms with van der Waals surface area (Å²) < 4.78 is 28.5. The number of rotatable bonds is 5. The molecule has 0 fully saturated rings. The van der Waals surface area contributed by atoms with Gasteiger partial charge in [0.05, 0.1) is 11.0 Å². The number of ether oxygens (including phenoxy) is 1. The topological polar surface area (TPSA) is 44.4 Å². The highest BCUT2D eigenvalue weighted by Gasteiger charge is 2.50. The second-order valence-electron chi connectivity index (χ2n) is 15.0. The van der Waals surface area contributed by atoms with Crippen LogP contribution in [0, 0.1) is 0 Å². The van der Waals surface area contributed by atoms with Gasteiger partial charge in [0, 0.05) is 51.0 Å². The Hall–Kier alpha value is -7.35. The first-order valence-corrected chi connectivity index (χ1v) is 21.5. The van der Waals surface area contributed by atoms with E-state index in [2.05, 4.69) is 124 Å². The lowest BCUT2D eigenvalue weighted by atomic mass is 9.98. The predicted molar refractivity (Wildman–Crippen MR) is 235 cm³/mol. The van der Waals surface area contributed by atoms with Crippen LogP contribution >= 0.6 is 0 Å². The van der Waals surface area contributed by atoms with E-state index in [1.807, 2.05) is 73.1 Å². The zero-order valence-electron chi connectivity index (χ0n) is 31.1. The minimum absolute atomic E-state index is 0.559. The Kier molecular flexibility index (Phi) is 7.12. The van der Waals surface area contributed by atoms with Gasteiger partial charge >= 0.3 is 0 Å². The van der Waals surface area contributed by atoms with Gasteiger partial charge < -0.3 is 4.74 Å². The van der Waals surface area contributed by atoms with Gasteiger partial charge in [0.2, 0.25) is 0 Å². The molecule has 0 spiro atoms. The van der Waals surface area contributed by atoms with Gasteiger partial charge in [0.15, 0.2) is 14.2 Å². The van der Waals surface area contributed by atoms with E-state index in [4.69, 9.17) is 14.7 Å². The fraction of sp³-hybridized carbons (Fsp3) is 0.0196. The molecule has 0 saturated carbocycles. The average molecular weight is 765 g/mol. The number of nitrogens with zero attached hydrogens (tertiary/aromatic N) is 4. The van der Waals surface area contributed by atoms with E-state index in [0.717, 1.165) is 71.6 Å². The van der Waals surface area contributed by atoms with Crippen LogP contribution in [0.2, 0.25) is 0 Å². The number of aromatic nitrogens is 4. The van der Waals surface area contributed by atoms with Crippen LogP contribution in [-0.2, 0) is 0 Å². The second kappa shape index (κ2) is 12.6. The van der Waals surface area contributed by atoms with Crippen LogP contribution in [0.25, 0.3) is 54.9 Å². The molecule has 5 heterocycles. The number of imidazole rings is 1. The molecule has 1 unspecified atom stereocenters. The van der Waals surface area contributed by atoms with Crippen LogP contribution in [-0.4, -0.2) is 27.0 Å². The summed E-state index contributed by atoms with van der Waals surface area (Å²) in [6, 6.07) is 60.8. The highest BCUT2D eigenvalue weighted by molar-refractivity contribution is 7.21. The molecule has 1 aliphatic heterocycles. The molecule has 4 aromatic heterocycles. The lowest BCUT2D eigenvalue weighted by molar-refractivity contribution is 0.402. The molecule has 1 aliphatic rings. The fourth-order valence-corrected chi connectivity index (χ4v) is 14.8. The Morgan fingerprint density at radius 1 is 0.517 bits per heavy atom. The van der Waals surface area contributed by atoms with Gasteiger partial charge in [-0.3, -0.25) is 8.97 Å². The van der Waals surface area contributed by atoms with E-state index in [1.54, 1.807) is 6.20 Å². The minimum Gasteiger partial charge on any atom is -0.457 e. The maximum Gasteiger partial charge on any atom is 0.191 e. The van der Waals surface area contributed by atoms with E-state index >= 15 is 4.39 Å². The van der Waals surface area contributed by atoms with Gasteiger partial charge in [0.1, 0.15) is 22.8 Å². The van der Waals surface area contributed by atoms with E-state index < -0.39 is 14.2 Å². The van der Waals surface area contributed by atoms with Crippen LogP contribution < -0.4 is 25.5 Å². The summed E-state index contributed by atoms with van der Waals surface area (Å²) in [6.07, 6.45) is 4.22. The SMILES string of the molecule is FC(c1cccc(-n2c3ncccc3c3ccc4c(c32)[Si](c2ccccc2)(c2ccccc2)c2ccccc2O4)c1)c1ccc2c3ccccc3n3ccnc3c2c1. The summed E-state index contributed by atoms with van der Waals surface area (Å²) >= 11 is 0. The van der Waals surface area contributed by atoms with Gasteiger partial charge in [-0.2, -0.15) is 0 Å². The van der Waals surface area contributed by atoms with Crippen molar-refractivity contribution in [2.24, 2.45) is 0 Å². The molecule has 0 amide bonds. The van der Waals surface area contributed by atoms with Crippen molar-refractivity contribution in [2.75, 3.05) is 0 Å². The first-order valence-electron chi connectivity index (χ1n) is 19.5. The number of hydrogen-bond donors (Lipinski definition) is 0. The van der Waals surface area contributed by atoms with Gasteiger partial charge in [-0.05, 0) is 86.7 Å². The van der Waals surface area contributed by atoms with Crippen molar-refractivity contribution in [3.05, 3.63) is 206 Å². The largest absolute Gasteiger partial charge is 0.457 e. The molecule has 11 aromatic rings. The van der Waals surface area contributed by atoms with Gasteiger partial charge in [-0.15, -0.1) is 0 Å². The van der Waals surface area contributed by atoms with Crippen LogP contribution in [0.3, 0.4) is 0 Å². The molecule has 274 valence electrons. The van der Waals surface area contributed by atoms with Crippen molar-refractivity contribution < 1.29 is 9.13 Å². The Labute approximate surface area is 333 Å². The lowest BCUT2D eigenvalue weighted by Gasteiger charge is -2.40. The summed E-state index contributed by atoms with van der Waals surface area (Å²) in [5.41, 5.74) is 5.68. The fourth-order valence-electron chi connectivity index (χ4n) is 9.64. The lowest BCUT2D eigenvalue weighted by Crippen LogP contribution is -2.76. The Balaban J connectivity index is 1.12. The first kappa shape index (κ1) is 32.8. The number of benzene rings is 7. The first-order chi connectivity index (χ1) is 28.7. The maximum atomic E-state index is 17.2. The normalized spacial score (nSPS) is 13.8. The molecule has 0 N–H and O–H groups in total. The summed E-state index contributed by atoms with van der Waals surface area (Å²) in [4.78, 5) is 9.74. The summed E-state index contributed by atoms with van der Waals surface area (Å²) in [5.74, 6) is 1.69. The van der Waals surface area contributed by atoms with Crippen LogP contribution in [0.1, 0.15) is 17.3 Å². The molecule has 1 atom stereocenters. The van der Waals surface area contributed by atoms with E-state index in [1.165, 1.54) is 15.6 Å². The summed E-state index contributed by atoms with van der Waals surface area (Å²) in [7, 11) is -3.07. The molecule has 7 aromatic carbocycles. The molecule has 0 saturated heterocycles. The van der Waals surface area contributed by atoms with E-state index in [-0.39, 0.29) is 0 Å². The number of halogens is 1. The third-order valence-electron chi connectivity index (χ3n) is 12.0. The molecule has 0 aliphatic carbocycles. The molecule has 7 heteroatoms. The molecular weight excluding hydrogens is 732 g/mol. The van der Waals surface area contributed by atoms with E-state index in [0.29, 0.717) is 11.1 Å². The van der Waals surface area contributed by atoms with Crippen molar-refractivity contribution in [3.63, 3.8) is 0 Å². The second-order valence-corrected chi connectivity index (χ2v) is 18.7. The van der Waals surface area contributed by atoms with Crippen LogP contribution in [0.4, 0.5) is 4.39 Å². The molecule has 0 bridgehead atoms. The monoisotopic (exact) mass is 764 g/mol. The number of pyridine rings is 2. The standard InChI is InChI=1S/C51H33FN4OSi/c52-47(34-24-25-38-39-19-7-8-21-43(39)55-30-29-54-50(55)42(38)32-34)33-13-11-14-35(31-33)56-48-40(41-20-12-28-53-51(41)56)26-27-45-49(48)58(36-15-3-1-4-16-36,37-17-5-2-6-18-37)46-23-10-9-22-44(46)57-45/h1-32,47H. The minimum atomic E-state index is -3.07. The van der Waals surface area contributed by atoms with Crippen molar-refractivity contribution in [1.29, 1.82) is 0 Å². The quantitative estimate of drug-likeness (QED) is 0.130. The number of fused-ring (bicyclic) bond motifs is 12. The number of alkyl halides is 1. The number of hydrogen-bond acceptors (Lipinski definition) is 3. The molecular formula is C51H33FN4OSi. The summed E-state index contributed by atoms with van der Waals surface area (Å²) in [6.45, 7) is 0. The van der Waals surface area contributed by atoms with Crippen molar-refractivity contribution >= 4 is 78.1 Å². The molecule has 58 heavy (non-hydrogen) atoms. The maximum absolute atomic E-state index is 17.2. The van der Waals surface area contributed by atoms with Crippen molar-refractivity contribution in [3.8, 4) is 17.2 Å². The van der Waals surface area contributed by atoms with Crippen molar-refractivity contribution in [2.45, 2.75) is 6.17 Å². The smallest absolute Gasteiger partial charge is 0.191 e. The molecule has 5 nitrogen and oxygen atoms in total. The van der Waals surface area contributed by atoms with Gasteiger partial charge in [-0.25, -0.2) is 14.4 Å². The van der Waals surface area contributed by atoms with Gasteiger partial charge in [-0.1, -0.05) is 121 Å². The Bertz CT molecular complexity index is 3370. The zero-order valence-corrected chi connectivity index (χ0v) is 32.1. The summed E-state index contributed by atoms with van der Waals surface area (Å²) in [5, 5.41) is 10.0. The highest BCUT2D eigenvalue weighted by Crippen LogP contribution is 2.39.